The third-order valence-corrected chi connectivity index (χ3v) is 40.0. The van der Waals surface area contributed by atoms with Gasteiger partial charge in [-0.15, -0.1) is 0 Å². The average Bonchev–Trinajstić information content (AvgIpc) is 3.54. The number of aryl methyl sites for hydroxylation is 4. The molecule has 0 spiro atoms. The van der Waals surface area contributed by atoms with Crippen LogP contribution >= 0.6 is 0 Å². The molecule has 0 aliphatic heterocycles. The molecule has 0 heterocycles. The van der Waals surface area contributed by atoms with Crippen molar-refractivity contribution in [2.24, 2.45) is 0 Å². The van der Waals surface area contributed by atoms with E-state index in [0.717, 1.165) is 0 Å². The molecule has 0 atom stereocenters. The number of hydrogen-bond acceptors (Lipinski definition) is 0. The van der Waals surface area contributed by atoms with Crippen LogP contribution in [0.25, 0.3) is 0 Å². The van der Waals surface area contributed by atoms with Crippen LogP contribution in [0.5, 0.6) is 0 Å². The molecular formula is C76H80Ge4. The van der Waals surface area contributed by atoms with Gasteiger partial charge >= 0.3 is 504 Å². The third-order valence-electron chi connectivity index (χ3n) is 15.6. The van der Waals surface area contributed by atoms with Gasteiger partial charge in [0.25, 0.3) is 0 Å². The van der Waals surface area contributed by atoms with Gasteiger partial charge in [-0.2, -0.15) is 0 Å². The first-order valence-corrected chi connectivity index (χ1v) is 44.1. The van der Waals surface area contributed by atoms with Crippen molar-refractivity contribution in [3.05, 3.63) is 313 Å². The van der Waals surface area contributed by atoms with E-state index in [1.54, 1.807) is 35.2 Å². The Bertz CT molecular complexity index is 2580. The molecule has 10 rings (SSSR count). The van der Waals surface area contributed by atoms with Crippen molar-refractivity contribution >= 4 is 92.6 Å². The van der Waals surface area contributed by atoms with Gasteiger partial charge in [0.05, 0.1) is 0 Å². The molecule has 80 heavy (non-hydrogen) atoms. The normalized spacial score (nSPS) is 11.2. The van der Waals surface area contributed by atoms with Crippen molar-refractivity contribution in [1.82, 2.24) is 0 Å². The van der Waals surface area contributed by atoms with Crippen molar-refractivity contribution in [1.29, 1.82) is 0 Å². The first kappa shape index (κ1) is 59.0. The van der Waals surface area contributed by atoms with E-state index in [1.165, 1.54) is 120 Å². The van der Waals surface area contributed by atoms with Crippen molar-refractivity contribution < 1.29 is 0 Å². The zero-order chi connectivity index (χ0) is 54.5. The molecule has 0 saturated carbocycles. The van der Waals surface area contributed by atoms with Crippen LogP contribution in [0.15, 0.2) is 291 Å². The Morgan fingerprint density at radius 1 is 0.150 bits per heavy atom. The molecule has 0 nitrogen and oxygen atoms in total. The molecule has 0 N–H and O–H groups in total. The molecule has 0 aliphatic rings. The van der Waals surface area contributed by atoms with E-state index in [0.29, 0.717) is 0 Å². The van der Waals surface area contributed by atoms with Crippen molar-refractivity contribution in [2.45, 2.75) is 98.1 Å². The molecule has 10 aromatic rings. The second-order valence-electron chi connectivity index (χ2n) is 21.3. The number of hydrogen-bond donors (Lipinski definition) is 0. The van der Waals surface area contributed by atoms with Gasteiger partial charge in [0, 0.05) is 0 Å². The van der Waals surface area contributed by atoms with Crippen LogP contribution in [-0.2, 0) is 25.7 Å². The van der Waals surface area contributed by atoms with E-state index in [2.05, 4.69) is 291 Å². The van der Waals surface area contributed by atoms with E-state index in [1.807, 2.05) is 0 Å². The Morgan fingerprint density at radius 2 is 0.287 bits per heavy atom. The van der Waals surface area contributed by atoms with Gasteiger partial charge in [0.2, 0.25) is 0 Å². The molecule has 4 heteroatoms. The Morgan fingerprint density at radius 3 is 0.425 bits per heavy atom. The first-order valence-electron chi connectivity index (χ1n) is 29.8. The fourth-order valence-electron chi connectivity index (χ4n) is 11.2. The maximum atomic E-state index is 2.38. The van der Waals surface area contributed by atoms with Crippen LogP contribution in [0.4, 0.5) is 0 Å². The zero-order valence-corrected chi connectivity index (χ0v) is 55.4. The summed E-state index contributed by atoms with van der Waals surface area (Å²) in [7, 11) is 0. The molecule has 10 aromatic carbocycles. The molecule has 0 amide bonds. The van der Waals surface area contributed by atoms with E-state index in [9.17, 15) is 0 Å². The monoisotopic (exact) mass is 1290 g/mol. The number of benzene rings is 10. The summed E-state index contributed by atoms with van der Waals surface area (Å²) in [6, 6.07) is 109. The number of rotatable bonds is 28. The quantitative estimate of drug-likeness (QED) is 0.0339. The van der Waals surface area contributed by atoms with Crippen molar-refractivity contribution in [3.8, 4) is 0 Å². The van der Waals surface area contributed by atoms with Gasteiger partial charge in [-0.05, 0) is 0 Å². The molecule has 0 unspecified atom stereocenters. The Hall–Kier alpha value is -5.63. The van der Waals surface area contributed by atoms with Crippen LogP contribution in [0.2, 0.25) is 21.0 Å². The molecule has 400 valence electrons. The maximum absolute atomic E-state index is 2.38. The minimum absolute atomic E-state index is 1.19. The fourth-order valence-corrected chi connectivity index (χ4v) is 33.9. The standard InChI is InChI=1S/2C38H40Ge2/c2*1-5-19-35(20-6-1)39(36-21-7-2-8-22-36)31-15-13-17-33-27-29-34(30-28-33)18-14-16-32-40(37-23-9-3-10-24-37)38-25-11-4-12-26-38/h2*1-12,19-30H,13-18,31-32H2. The minimum atomic E-state index is -1.47. The molecular weight excluding hydrogens is 1200 g/mol. The van der Waals surface area contributed by atoms with Crippen molar-refractivity contribution in [3.63, 3.8) is 0 Å². The Balaban J connectivity index is 0.000000194. The van der Waals surface area contributed by atoms with Crippen LogP contribution in [0, 0.1) is 0 Å². The first-order chi connectivity index (χ1) is 39.7. The Kier molecular flexibility index (Phi) is 25.1. The summed E-state index contributed by atoms with van der Waals surface area (Å²) in [5.41, 5.74) is 5.97. The van der Waals surface area contributed by atoms with Gasteiger partial charge in [0.1, 0.15) is 0 Å². The number of unbranched alkanes of at least 4 members (excludes halogenated alkanes) is 4. The summed E-state index contributed by atoms with van der Waals surface area (Å²) in [4.78, 5) is 0. The second-order valence-corrected chi connectivity index (χ2v) is 43.2. The van der Waals surface area contributed by atoms with Crippen molar-refractivity contribution in [2.75, 3.05) is 0 Å². The van der Waals surface area contributed by atoms with E-state index in [4.69, 9.17) is 0 Å². The Labute approximate surface area is 499 Å². The predicted octanol–water partition coefficient (Wildman–Crippen LogP) is 13.9. The average molecular weight is 1280 g/mol. The van der Waals surface area contributed by atoms with Crippen LogP contribution in [0.3, 0.4) is 0 Å². The molecule has 0 bridgehead atoms. The van der Waals surface area contributed by atoms with E-state index < -0.39 is 57.4 Å². The van der Waals surface area contributed by atoms with E-state index >= 15 is 0 Å². The van der Waals surface area contributed by atoms with Crippen LogP contribution in [0.1, 0.15) is 73.6 Å². The summed E-state index contributed by atoms with van der Waals surface area (Å²) in [5, 5.41) is 5.46. The van der Waals surface area contributed by atoms with E-state index in [-0.39, 0.29) is 0 Å². The zero-order valence-electron chi connectivity index (χ0n) is 47.0. The SMILES string of the molecule is c1cc[c]([Ge]([CH2]CCCc2ccc(CCC[CH2][Ge]([c]3ccccc3)[c]3ccccc3)cc2)[c]2ccccc2)cc1.c1cc[c]([Ge]([CH2]CCCc2ccc(CCC[CH2][Ge]([c]3ccccc3)[c]3ccccc3)cc2)[c]2ccccc2)cc1. The van der Waals surface area contributed by atoms with Gasteiger partial charge in [-0.3, -0.25) is 0 Å². The molecule has 0 saturated heterocycles. The fraction of sp³-hybridized carbons (Fsp3) is 0.211. The van der Waals surface area contributed by atoms with Crippen LogP contribution < -0.4 is 35.2 Å². The topological polar surface area (TPSA) is 0 Å². The third kappa shape index (κ3) is 19.3. The predicted molar refractivity (Wildman–Crippen MR) is 355 cm³/mol. The van der Waals surface area contributed by atoms with Gasteiger partial charge in [-0.1, -0.05) is 0 Å². The summed E-state index contributed by atoms with van der Waals surface area (Å²) in [5.74, 6) is 0. The summed E-state index contributed by atoms with van der Waals surface area (Å²) in [6.45, 7) is 0. The van der Waals surface area contributed by atoms with Crippen LogP contribution in [-0.4, -0.2) is 57.4 Å². The molecule has 0 fully saturated rings. The molecule has 0 aromatic heterocycles. The summed E-state index contributed by atoms with van der Waals surface area (Å²) in [6.07, 6.45) is 15.1. The van der Waals surface area contributed by atoms with Gasteiger partial charge < -0.3 is 0 Å². The molecule has 0 aliphatic carbocycles. The van der Waals surface area contributed by atoms with Gasteiger partial charge in [0.15, 0.2) is 0 Å². The second kappa shape index (κ2) is 34.0. The van der Waals surface area contributed by atoms with Gasteiger partial charge in [-0.25, -0.2) is 0 Å². The molecule has 4 radical (unpaired) electrons. The summed E-state index contributed by atoms with van der Waals surface area (Å²) < 4.78 is 12.8. The summed E-state index contributed by atoms with van der Waals surface area (Å²) >= 11 is -5.88.